The molecule has 0 spiro atoms. The van der Waals surface area contributed by atoms with E-state index in [2.05, 4.69) is 26.7 Å². The van der Waals surface area contributed by atoms with E-state index in [0.717, 1.165) is 24.5 Å². The fourth-order valence-electron chi connectivity index (χ4n) is 2.52. The molecule has 0 saturated heterocycles. The third-order valence-corrected chi connectivity index (χ3v) is 3.84. The topological polar surface area (TPSA) is 77.0 Å². The van der Waals surface area contributed by atoms with Crippen LogP contribution in [0.15, 0.2) is 41.7 Å². The highest BCUT2D eigenvalue weighted by Crippen LogP contribution is 2.38. The lowest BCUT2D eigenvalue weighted by atomic mass is 10.2. The molecular weight excluding hydrogens is 332 g/mol. The van der Waals surface area contributed by atoms with Gasteiger partial charge in [0, 0.05) is 32.5 Å². The van der Waals surface area contributed by atoms with Crippen LogP contribution in [0, 0.1) is 0 Å². The van der Waals surface area contributed by atoms with E-state index >= 15 is 0 Å². The highest BCUT2D eigenvalue weighted by atomic mass is 16.5. The summed E-state index contributed by atoms with van der Waals surface area (Å²) in [5, 5.41) is 6.58. The number of rotatable bonds is 8. The van der Waals surface area contributed by atoms with E-state index in [1.165, 1.54) is 5.56 Å². The molecule has 1 aromatic heterocycles. The maximum absolute atomic E-state index is 5.38. The molecule has 0 fully saturated rings. The average molecular weight is 358 g/mol. The standard InChI is InChI=1S/C19H26N4O3/c1-20-19(22-9-7-14-6-5-8-21-12-14)23-13-15-10-16(24-2)18(26-4)17(11-15)25-3/h5-6,8,10-12H,7,9,13H2,1-4H3,(H2,20,22,23). The molecule has 0 unspecified atom stereocenters. The van der Waals surface area contributed by atoms with Gasteiger partial charge in [-0.25, -0.2) is 0 Å². The first-order valence-corrected chi connectivity index (χ1v) is 8.34. The van der Waals surface area contributed by atoms with E-state index < -0.39 is 0 Å². The minimum absolute atomic E-state index is 0.573. The Morgan fingerprint density at radius 2 is 1.77 bits per heavy atom. The van der Waals surface area contributed by atoms with Crippen molar-refractivity contribution in [3.05, 3.63) is 47.8 Å². The normalized spacial score (nSPS) is 11.0. The summed E-state index contributed by atoms with van der Waals surface area (Å²) in [5.74, 6) is 2.56. The smallest absolute Gasteiger partial charge is 0.203 e. The Morgan fingerprint density at radius 3 is 2.31 bits per heavy atom. The van der Waals surface area contributed by atoms with Crippen LogP contribution in [0.4, 0.5) is 0 Å². The SMILES string of the molecule is CN=C(NCCc1cccnc1)NCc1cc(OC)c(OC)c(OC)c1. The summed E-state index contributed by atoms with van der Waals surface area (Å²) in [6.45, 7) is 1.34. The van der Waals surface area contributed by atoms with Gasteiger partial charge in [-0.1, -0.05) is 6.07 Å². The minimum Gasteiger partial charge on any atom is -0.493 e. The quantitative estimate of drug-likeness (QED) is 0.555. The number of hydrogen-bond donors (Lipinski definition) is 2. The number of methoxy groups -OCH3 is 3. The molecule has 1 aromatic carbocycles. The summed E-state index contributed by atoms with van der Waals surface area (Å²) in [5.41, 5.74) is 2.18. The molecule has 140 valence electrons. The van der Waals surface area contributed by atoms with Gasteiger partial charge in [-0.05, 0) is 35.7 Å². The molecule has 2 aromatic rings. The van der Waals surface area contributed by atoms with Crippen LogP contribution in [0.2, 0.25) is 0 Å². The Labute approximate surface area is 154 Å². The van der Waals surface area contributed by atoms with Gasteiger partial charge in [-0.2, -0.15) is 0 Å². The zero-order chi connectivity index (χ0) is 18.8. The van der Waals surface area contributed by atoms with Crippen LogP contribution in [0.1, 0.15) is 11.1 Å². The third-order valence-electron chi connectivity index (χ3n) is 3.84. The van der Waals surface area contributed by atoms with Crippen LogP contribution in [0.25, 0.3) is 0 Å². The number of nitrogens with one attached hydrogen (secondary N) is 2. The predicted octanol–water partition coefficient (Wildman–Crippen LogP) is 2.02. The highest BCUT2D eigenvalue weighted by Gasteiger charge is 2.13. The van der Waals surface area contributed by atoms with Crippen molar-refractivity contribution in [2.24, 2.45) is 4.99 Å². The maximum Gasteiger partial charge on any atom is 0.203 e. The number of aromatic nitrogens is 1. The summed E-state index contributed by atoms with van der Waals surface area (Å²) in [6.07, 6.45) is 4.52. The fraction of sp³-hybridized carbons (Fsp3) is 0.368. The molecule has 0 atom stereocenters. The number of nitrogens with zero attached hydrogens (tertiary/aromatic N) is 2. The van der Waals surface area contributed by atoms with Crippen molar-refractivity contribution in [2.45, 2.75) is 13.0 Å². The Bertz CT molecular complexity index is 695. The van der Waals surface area contributed by atoms with Gasteiger partial charge >= 0.3 is 0 Å². The van der Waals surface area contributed by atoms with Crippen molar-refractivity contribution in [2.75, 3.05) is 34.9 Å². The molecule has 2 rings (SSSR count). The van der Waals surface area contributed by atoms with E-state index in [-0.39, 0.29) is 0 Å². The first kappa shape index (κ1) is 19.4. The molecule has 0 bridgehead atoms. The number of benzene rings is 1. The number of pyridine rings is 1. The van der Waals surface area contributed by atoms with Crippen LogP contribution in [-0.4, -0.2) is 45.9 Å². The van der Waals surface area contributed by atoms with Crippen LogP contribution < -0.4 is 24.8 Å². The number of hydrogen-bond acceptors (Lipinski definition) is 5. The van der Waals surface area contributed by atoms with E-state index in [1.807, 2.05) is 24.4 Å². The van der Waals surface area contributed by atoms with E-state index in [0.29, 0.717) is 23.8 Å². The van der Waals surface area contributed by atoms with Crippen molar-refractivity contribution in [3.63, 3.8) is 0 Å². The highest BCUT2D eigenvalue weighted by molar-refractivity contribution is 5.79. The van der Waals surface area contributed by atoms with Crippen molar-refractivity contribution in [1.29, 1.82) is 0 Å². The summed E-state index contributed by atoms with van der Waals surface area (Å²) in [7, 11) is 6.54. The first-order chi connectivity index (χ1) is 12.7. The first-order valence-electron chi connectivity index (χ1n) is 8.34. The monoisotopic (exact) mass is 358 g/mol. The number of ether oxygens (including phenoxy) is 3. The maximum atomic E-state index is 5.38. The number of aliphatic imine (C=N–C) groups is 1. The molecule has 0 amide bonds. The Balaban J connectivity index is 1.93. The Kier molecular flexibility index (Phi) is 7.54. The molecule has 7 nitrogen and oxygen atoms in total. The van der Waals surface area contributed by atoms with Crippen molar-refractivity contribution in [1.82, 2.24) is 15.6 Å². The molecule has 0 radical (unpaired) electrons. The summed E-state index contributed by atoms with van der Waals surface area (Å²) in [4.78, 5) is 8.36. The van der Waals surface area contributed by atoms with Gasteiger partial charge in [0.05, 0.1) is 21.3 Å². The molecule has 0 aliphatic rings. The second-order valence-electron chi connectivity index (χ2n) is 5.50. The molecule has 0 aliphatic carbocycles. The lowest BCUT2D eigenvalue weighted by Crippen LogP contribution is -2.37. The summed E-state index contributed by atoms with van der Waals surface area (Å²) < 4.78 is 16.1. The average Bonchev–Trinajstić information content (AvgIpc) is 2.70. The molecule has 1 heterocycles. The van der Waals surface area contributed by atoms with Gasteiger partial charge in [0.25, 0.3) is 0 Å². The van der Waals surface area contributed by atoms with Gasteiger partial charge in [0.1, 0.15) is 0 Å². The van der Waals surface area contributed by atoms with E-state index in [9.17, 15) is 0 Å². The fourth-order valence-corrected chi connectivity index (χ4v) is 2.52. The van der Waals surface area contributed by atoms with Gasteiger partial charge in [-0.3, -0.25) is 9.98 Å². The van der Waals surface area contributed by atoms with Crippen LogP contribution in [0.5, 0.6) is 17.2 Å². The Morgan fingerprint density at radius 1 is 1.04 bits per heavy atom. The third kappa shape index (κ3) is 5.27. The van der Waals surface area contributed by atoms with E-state index in [4.69, 9.17) is 14.2 Å². The minimum atomic E-state index is 0.573. The van der Waals surface area contributed by atoms with Gasteiger partial charge in [0.2, 0.25) is 5.75 Å². The van der Waals surface area contributed by atoms with Crippen molar-refractivity contribution in [3.8, 4) is 17.2 Å². The Hall–Kier alpha value is -2.96. The van der Waals surface area contributed by atoms with Crippen LogP contribution in [-0.2, 0) is 13.0 Å². The van der Waals surface area contributed by atoms with Crippen molar-refractivity contribution < 1.29 is 14.2 Å². The second-order valence-corrected chi connectivity index (χ2v) is 5.50. The molecular formula is C19H26N4O3. The van der Waals surface area contributed by atoms with Crippen LogP contribution in [0.3, 0.4) is 0 Å². The molecule has 2 N–H and O–H groups in total. The zero-order valence-corrected chi connectivity index (χ0v) is 15.7. The molecule has 0 saturated carbocycles. The molecule has 26 heavy (non-hydrogen) atoms. The number of guanidine groups is 1. The van der Waals surface area contributed by atoms with Gasteiger partial charge in [0.15, 0.2) is 17.5 Å². The molecule has 0 aliphatic heterocycles. The van der Waals surface area contributed by atoms with E-state index in [1.54, 1.807) is 34.6 Å². The van der Waals surface area contributed by atoms with Gasteiger partial charge < -0.3 is 24.8 Å². The predicted molar refractivity (Wildman–Crippen MR) is 102 cm³/mol. The second kappa shape index (κ2) is 10.1. The van der Waals surface area contributed by atoms with Crippen molar-refractivity contribution >= 4 is 5.96 Å². The largest absolute Gasteiger partial charge is 0.493 e. The van der Waals surface area contributed by atoms with Gasteiger partial charge in [-0.15, -0.1) is 0 Å². The summed E-state index contributed by atoms with van der Waals surface area (Å²) >= 11 is 0. The molecule has 7 heteroatoms. The lowest BCUT2D eigenvalue weighted by Gasteiger charge is -2.16. The lowest BCUT2D eigenvalue weighted by molar-refractivity contribution is 0.323. The van der Waals surface area contributed by atoms with Crippen LogP contribution >= 0.6 is 0 Å². The zero-order valence-electron chi connectivity index (χ0n) is 15.7. The summed E-state index contributed by atoms with van der Waals surface area (Å²) in [6, 6.07) is 7.82.